The average Bonchev–Trinajstić information content (AvgIpc) is 2.49. The van der Waals surface area contributed by atoms with Crippen molar-refractivity contribution < 1.29 is 19.1 Å². The summed E-state index contributed by atoms with van der Waals surface area (Å²) in [6.07, 6.45) is 0.187. The summed E-state index contributed by atoms with van der Waals surface area (Å²) in [5.41, 5.74) is 0.0969. The molecule has 0 saturated heterocycles. The van der Waals surface area contributed by atoms with Crippen LogP contribution in [0.25, 0.3) is 0 Å². The molecule has 2 amide bonds. The lowest BCUT2D eigenvalue weighted by Crippen LogP contribution is -2.36. The van der Waals surface area contributed by atoms with Crippen LogP contribution in [0.4, 0.5) is 5.69 Å². The predicted octanol–water partition coefficient (Wildman–Crippen LogP) is 2.97. The van der Waals surface area contributed by atoms with Crippen LogP contribution in [0, 0.1) is 5.41 Å². The highest BCUT2D eigenvalue weighted by molar-refractivity contribution is 5.93. The number of amides is 2. The summed E-state index contributed by atoms with van der Waals surface area (Å²) in [5.74, 6) is 0.979. The fourth-order valence-electron chi connectivity index (χ4n) is 1.91. The topological polar surface area (TPSA) is 76.7 Å². The molecule has 0 spiro atoms. The number of nitrogens with one attached hydrogen (secondary N) is 2. The van der Waals surface area contributed by atoms with Crippen molar-refractivity contribution in [2.45, 2.75) is 41.0 Å². The van der Waals surface area contributed by atoms with E-state index in [1.807, 2.05) is 34.6 Å². The Labute approximate surface area is 143 Å². The first-order valence-corrected chi connectivity index (χ1v) is 8.25. The van der Waals surface area contributed by atoms with Crippen LogP contribution in [0.1, 0.15) is 41.0 Å². The zero-order valence-corrected chi connectivity index (χ0v) is 15.2. The van der Waals surface area contributed by atoms with Crippen LogP contribution in [0.5, 0.6) is 11.5 Å². The number of carbonyl (C=O) groups is 2. The minimum atomic E-state index is -0.468. The summed E-state index contributed by atoms with van der Waals surface area (Å²) >= 11 is 0. The van der Waals surface area contributed by atoms with E-state index >= 15 is 0 Å². The summed E-state index contributed by atoms with van der Waals surface area (Å²) < 4.78 is 11.0. The normalized spacial score (nSPS) is 10.9. The van der Waals surface area contributed by atoms with Gasteiger partial charge in [-0.15, -0.1) is 0 Å². The smallest absolute Gasteiger partial charge is 0.226 e. The zero-order valence-electron chi connectivity index (χ0n) is 15.2. The van der Waals surface area contributed by atoms with Gasteiger partial charge in [-0.3, -0.25) is 9.59 Å². The Morgan fingerprint density at radius 2 is 1.75 bits per heavy atom. The molecule has 0 bridgehead atoms. The van der Waals surface area contributed by atoms with Crippen LogP contribution in [0.2, 0.25) is 0 Å². The quantitative estimate of drug-likeness (QED) is 0.765. The number of hydrogen-bond donors (Lipinski definition) is 2. The SMILES string of the molecule is CCOc1ccc(OCC)c(NC(=O)CCNC(=O)C(C)(C)C)c1. The highest BCUT2D eigenvalue weighted by Gasteiger charge is 2.20. The largest absolute Gasteiger partial charge is 0.494 e. The number of carbonyl (C=O) groups excluding carboxylic acids is 2. The Morgan fingerprint density at radius 1 is 1.08 bits per heavy atom. The fraction of sp³-hybridized carbons (Fsp3) is 0.556. The second-order valence-corrected chi connectivity index (χ2v) is 6.33. The Bertz CT molecular complexity index is 565. The molecular formula is C18H28N2O4. The Kier molecular flexibility index (Phi) is 7.55. The van der Waals surface area contributed by atoms with Gasteiger partial charge < -0.3 is 20.1 Å². The van der Waals surface area contributed by atoms with Gasteiger partial charge >= 0.3 is 0 Å². The van der Waals surface area contributed by atoms with Gasteiger partial charge in [0.05, 0.1) is 18.9 Å². The van der Waals surface area contributed by atoms with E-state index in [-0.39, 0.29) is 24.8 Å². The van der Waals surface area contributed by atoms with Gasteiger partial charge in [-0.05, 0) is 26.0 Å². The molecular weight excluding hydrogens is 308 g/mol. The molecule has 0 heterocycles. The lowest BCUT2D eigenvalue weighted by molar-refractivity contribution is -0.128. The summed E-state index contributed by atoms with van der Waals surface area (Å²) in [6, 6.07) is 5.30. The van der Waals surface area contributed by atoms with E-state index in [4.69, 9.17) is 9.47 Å². The van der Waals surface area contributed by atoms with Gasteiger partial charge in [0.15, 0.2) is 0 Å². The molecule has 1 rings (SSSR count). The summed E-state index contributed by atoms with van der Waals surface area (Å²) in [5, 5.41) is 5.57. The molecule has 134 valence electrons. The molecule has 6 heteroatoms. The molecule has 0 saturated carbocycles. The van der Waals surface area contributed by atoms with E-state index in [0.29, 0.717) is 30.4 Å². The van der Waals surface area contributed by atoms with Gasteiger partial charge in [0.1, 0.15) is 11.5 Å². The molecule has 24 heavy (non-hydrogen) atoms. The molecule has 0 atom stereocenters. The fourth-order valence-corrected chi connectivity index (χ4v) is 1.91. The van der Waals surface area contributed by atoms with Crippen LogP contribution >= 0.6 is 0 Å². The maximum Gasteiger partial charge on any atom is 0.226 e. The summed E-state index contributed by atoms with van der Waals surface area (Å²) in [6.45, 7) is 10.6. The van der Waals surface area contributed by atoms with Gasteiger partial charge in [0.25, 0.3) is 0 Å². The summed E-state index contributed by atoms with van der Waals surface area (Å²) in [4.78, 5) is 23.9. The number of anilines is 1. The van der Waals surface area contributed by atoms with Crippen LogP contribution in [0.15, 0.2) is 18.2 Å². The van der Waals surface area contributed by atoms with Crippen molar-refractivity contribution in [3.05, 3.63) is 18.2 Å². The minimum Gasteiger partial charge on any atom is -0.494 e. The predicted molar refractivity (Wildman–Crippen MR) is 94.5 cm³/mol. The Balaban J connectivity index is 2.64. The number of rotatable bonds is 8. The lowest BCUT2D eigenvalue weighted by atomic mass is 9.96. The lowest BCUT2D eigenvalue weighted by Gasteiger charge is -2.17. The van der Waals surface area contributed by atoms with Crippen LogP contribution in [0.3, 0.4) is 0 Å². The van der Waals surface area contributed by atoms with Crippen molar-refractivity contribution in [2.75, 3.05) is 25.1 Å². The maximum absolute atomic E-state index is 12.1. The molecule has 1 aromatic rings. The van der Waals surface area contributed by atoms with Gasteiger partial charge in [0, 0.05) is 24.4 Å². The van der Waals surface area contributed by atoms with Gasteiger partial charge in [-0.2, -0.15) is 0 Å². The molecule has 0 radical (unpaired) electrons. The highest BCUT2D eigenvalue weighted by atomic mass is 16.5. The molecule has 0 unspecified atom stereocenters. The molecule has 0 aliphatic heterocycles. The van der Waals surface area contributed by atoms with Crippen molar-refractivity contribution in [1.29, 1.82) is 0 Å². The van der Waals surface area contributed by atoms with E-state index in [1.54, 1.807) is 18.2 Å². The standard InChI is InChI=1S/C18H28N2O4/c1-6-23-13-8-9-15(24-7-2)14(12-13)20-16(21)10-11-19-17(22)18(3,4)5/h8-9,12H,6-7,10-11H2,1-5H3,(H,19,22)(H,20,21). The van der Waals surface area contributed by atoms with Crippen molar-refractivity contribution in [3.8, 4) is 11.5 Å². The second-order valence-electron chi connectivity index (χ2n) is 6.33. The van der Waals surface area contributed by atoms with E-state index in [2.05, 4.69) is 10.6 Å². The first kappa shape index (κ1) is 19.8. The molecule has 2 N–H and O–H groups in total. The van der Waals surface area contributed by atoms with Crippen molar-refractivity contribution in [2.24, 2.45) is 5.41 Å². The molecule has 0 aliphatic rings. The molecule has 0 aromatic heterocycles. The van der Waals surface area contributed by atoms with E-state index < -0.39 is 5.41 Å². The Morgan fingerprint density at radius 3 is 2.33 bits per heavy atom. The van der Waals surface area contributed by atoms with E-state index in [0.717, 1.165) is 0 Å². The zero-order chi connectivity index (χ0) is 18.2. The Hall–Kier alpha value is -2.24. The molecule has 0 aliphatic carbocycles. The molecule has 0 fully saturated rings. The van der Waals surface area contributed by atoms with Crippen molar-refractivity contribution >= 4 is 17.5 Å². The van der Waals surface area contributed by atoms with Crippen molar-refractivity contribution in [3.63, 3.8) is 0 Å². The van der Waals surface area contributed by atoms with Crippen LogP contribution < -0.4 is 20.1 Å². The summed E-state index contributed by atoms with van der Waals surface area (Å²) in [7, 11) is 0. The molecule has 6 nitrogen and oxygen atoms in total. The van der Waals surface area contributed by atoms with Gasteiger partial charge in [-0.1, -0.05) is 20.8 Å². The average molecular weight is 336 g/mol. The van der Waals surface area contributed by atoms with Crippen LogP contribution in [-0.4, -0.2) is 31.6 Å². The third-order valence-corrected chi connectivity index (χ3v) is 3.15. The second kappa shape index (κ2) is 9.15. The first-order chi connectivity index (χ1) is 11.3. The van der Waals surface area contributed by atoms with Crippen LogP contribution in [-0.2, 0) is 9.59 Å². The van der Waals surface area contributed by atoms with Crippen molar-refractivity contribution in [1.82, 2.24) is 5.32 Å². The monoisotopic (exact) mass is 336 g/mol. The molecule has 1 aromatic carbocycles. The number of hydrogen-bond acceptors (Lipinski definition) is 4. The third kappa shape index (κ3) is 6.48. The minimum absolute atomic E-state index is 0.0800. The maximum atomic E-state index is 12.1. The highest BCUT2D eigenvalue weighted by Crippen LogP contribution is 2.29. The van der Waals surface area contributed by atoms with Gasteiger partial charge in [0.2, 0.25) is 11.8 Å². The number of ether oxygens (including phenoxy) is 2. The van der Waals surface area contributed by atoms with E-state index in [1.165, 1.54) is 0 Å². The number of benzene rings is 1. The first-order valence-electron chi connectivity index (χ1n) is 8.25. The van der Waals surface area contributed by atoms with E-state index in [9.17, 15) is 9.59 Å². The van der Waals surface area contributed by atoms with Gasteiger partial charge in [-0.25, -0.2) is 0 Å². The third-order valence-electron chi connectivity index (χ3n) is 3.15.